The molecule has 0 radical (unpaired) electrons. The fraction of sp³-hybridized carbons (Fsp3) is 0.471. The van der Waals surface area contributed by atoms with Crippen molar-refractivity contribution in [2.75, 3.05) is 13.6 Å². The topological polar surface area (TPSA) is 46.3 Å². The third-order valence-electron chi connectivity index (χ3n) is 2.82. The maximum atomic E-state index is 12.1. The summed E-state index contributed by atoms with van der Waals surface area (Å²) in [5.41, 5.74) is 7.41. The average molecular weight is 272 g/mol. The standard InChI is InChI=1S/C17H24N2O/c1-17(2,3)12-16(20)19(4)13-15-9-7-14(8-10-15)6-5-11-18/h7-10H,11-13,18H2,1-4H3. The number of hydrogen-bond acceptors (Lipinski definition) is 2. The molecule has 3 heteroatoms. The maximum Gasteiger partial charge on any atom is 0.223 e. The number of amides is 1. The Morgan fingerprint density at radius 2 is 1.85 bits per heavy atom. The van der Waals surface area contributed by atoms with Crippen molar-refractivity contribution in [1.82, 2.24) is 4.90 Å². The van der Waals surface area contributed by atoms with Crippen LogP contribution in [-0.4, -0.2) is 24.4 Å². The molecule has 0 bridgehead atoms. The molecule has 3 nitrogen and oxygen atoms in total. The van der Waals surface area contributed by atoms with Gasteiger partial charge in [-0.05, 0) is 23.1 Å². The van der Waals surface area contributed by atoms with E-state index in [1.54, 1.807) is 4.90 Å². The zero-order valence-electron chi connectivity index (χ0n) is 12.9. The van der Waals surface area contributed by atoms with Crippen LogP contribution >= 0.6 is 0 Å². The van der Waals surface area contributed by atoms with Crippen molar-refractivity contribution < 1.29 is 4.79 Å². The van der Waals surface area contributed by atoms with Crippen LogP contribution in [-0.2, 0) is 11.3 Å². The van der Waals surface area contributed by atoms with Gasteiger partial charge in [0.1, 0.15) is 0 Å². The zero-order chi connectivity index (χ0) is 15.2. The largest absolute Gasteiger partial charge is 0.341 e. The Kier molecular flexibility index (Phi) is 5.79. The van der Waals surface area contributed by atoms with Gasteiger partial charge in [-0.3, -0.25) is 4.79 Å². The minimum atomic E-state index is 0.0208. The SMILES string of the molecule is CN(Cc1ccc(C#CCN)cc1)C(=O)CC(C)(C)C. The van der Waals surface area contributed by atoms with Gasteiger partial charge in [-0.15, -0.1) is 0 Å². The maximum absolute atomic E-state index is 12.1. The van der Waals surface area contributed by atoms with Crippen molar-refractivity contribution in [3.63, 3.8) is 0 Å². The van der Waals surface area contributed by atoms with Crippen LogP contribution in [0.15, 0.2) is 24.3 Å². The Balaban J connectivity index is 2.62. The minimum absolute atomic E-state index is 0.0208. The van der Waals surface area contributed by atoms with E-state index in [9.17, 15) is 4.79 Å². The molecular formula is C17H24N2O. The molecule has 1 amide bonds. The van der Waals surface area contributed by atoms with E-state index in [-0.39, 0.29) is 11.3 Å². The molecule has 0 saturated heterocycles. The zero-order valence-corrected chi connectivity index (χ0v) is 12.9. The first-order valence-electron chi connectivity index (χ1n) is 6.84. The van der Waals surface area contributed by atoms with Crippen LogP contribution < -0.4 is 5.73 Å². The smallest absolute Gasteiger partial charge is 0.223 e. The summed E-state index contributed by atoms with van der Waals surface area (Å²) in [7, 11) is 1.84. The van der Waals surface area contributed by atoms with Crippen LogP contribution in [0.2, 0.25) is 0 Å². The number of rotatable bonds is 3. The summed E-state index contributed by atoms with van der Waals surface area (Å²) in [6.45, 7) is 7.21. The molecule has 0 aliphatic carbocycles. The molecule has 0 fully saturated rings. The van der Waals surface area contributed by atoms with Crippen molar-refractivity contribution in [2.45, 2.75) is 33.7 Å². The van der Waals surface area contributed by atoms with E-state index < -0.39 is 0 Å². The highest BCUT2D eigenvalue weighted by Crippen LogP contribution is 2.20. The molecule has 0 aliphatic rings. The second kappa shape index (κ2) is 7.12. The van der Waals surface area contributed by atoms with Crippen LogP contribution in [0.25, 0.3) is 0 Å². The van der Waals surface area contributed by atoms with Gasteiger partial charge in [0, 0.05) is 25.6 Å². The summed E-state index contributed by atoms with van der Waals surface area (Å²) in [6, 6.07) is 7.92. The van der Waals surface area contributed by atoms with Gasteiger partial charge in [0.05, 0.1) is 6.54 Å². The van der Waals surface area contributed by atoms with Crippen molar-refractivity contribution in [3.05, 3.63) is 35.4 Å². The Hall–Kier alpha value is -1.79. The Morgan fingerprint density at radius 3 is 2.35 bits per heavy atom. The molecule has 1 aromatic carbocycles. The minimum Gasteiger partial charge on any atom is -0.341 e. The van der Waals surface area contributed by atoms with E-state index in [0.29, 0.717) is 19.5 Å². The van der Waals surface area contributed by atoms with E-state index in [2.05, 4.69) is 32.6 Å². The summed E-state index contributed by atoms with van der Waals surface area (Å²) in [4.78, 5) is 13.8. The molecular weight excluding hydrogens is 248 g/mol. The number of nitrogens with zero attached hydrogens (tertiary/aromatic N) is 1. The van der Waals surface area contributed by atoms with Gasteiger partial charge in [0.2, 0.25) is 5.91 Å². The lowest BCUT2D eigenvalue weighted by Gasteiger charge is -2.23. The van der Waals surface area contributed by atoms with Crippen molar-refractivity contribution in [2.24, 2.45) is 11.1 Å². The number of nitrogens with two attached hydrogens (primary N) is 1. The highest BCUT2D eigenvalue weighted by Gasteiger charge is 2.18. The molecule has 0 spiro atoms. The molecule has 20 heavy (non-hydrogen) atoms. The molecule has 0 aromatic heterocycles. The van der Waals surface area contributed by atoms with Gasteiger partial charge in [-0.1, -0.05) is 44.7 Å². The second-order valence-corrected chi connectivity index (χ2v) is 6.19. The van der Waals surface area contributed by atoms with Gasteiger partial charge in [0.15, 0.2) is 0 Å². The average Bonchev–Trinajstić information content (AvgIpc) is 2.36. The fourth-order valence-corrected chi connectivity index (χ4v) is 1.80. The number of carbonyl (C=O) groups is 1. The van der Waals surface area contributed by atoms with E-state index in [1.165, 1.54) is 0 Å². The number of carbonyl (C=O) groups excluding carboxylic acids is 1. The van der Waals surface area contributed by atoms with Gasteiger partial charge in [-0.25, -0.2) is 0 Å². The second-order valence-electron chi connectivity index (χ2n) is 6.19. The molecule has 0 saturated carbocycles. The van der Waals surface area contributed by atoms with Crippen LogP contribution in [0.5, 0.6) is 0 Å². The first-order chi connectivity index (χ1) is 9.31. The summed E-state index contributed by atoms with van der Waals surface area (Å²) >= 11 is 0. The Morgan fingerprint density at radius 1 is 1.25 bits per heavy atom. The molecule has 0 heterocycles. The first kappa shape index (κ1) is 16.3. The first-order valence-corrected chi connectivity index (χ1v) is 6.84. The third kappa shape index (κ3) is 5.90. The van der Waals surface area contributed by atoms with Crippen LogP contribution in [0.1, 0.15) is 38.3 Å². The molecule has 2 N–H and O–H groups in total. The van der Waals surface area contributed by atoms with Gasteiger partial charge in [0.25, 0.3) is 0 Å². The van der Waals surface area contributed by atoms with Crippen molar-refractivity contribution in [3.8, 4) is 11.8 Å². The lowest BCUT2D eigenvalue weighted by molar-refractivity contribution is -0.132. The highest BCUT2D eigenvalue weighted by atomic mass is 16.2. The normalized spacial score (nSPS) is 10.7. The summed E-state index contributed by atoms with van der Waals surface area (Å²) in [5, 5.41) is 0. The Bertz CT molecular complexity index is 501. The van der Waals surface area contributed by atoms with E-state index in [4.69, 9.17) is 5.73 Å². The lowest BCUT2D eigenvalue weighted by atomic mass is 9.91. The predicted octanol–water partition coefficient (Wildman–Crippen LogP) is 2.39. The predicted molar refractivity (Wildman–Crippen MR) is 82.9 cm³/mol. The summed E-state index contributed by atoms with van der Waals surface area (Å²) in [6.07, 6.45) is 0.559. The van der Waals surface area contributed by atoms with Gasteiger partial charge < -0.3 is 10.6 Å². The lowest BCUT2D eigenvalue weighted by Crippen LogP contribution is -2.29. The molecule has 108 valence electrons. The Labute approximate surface area is 122 Å². The summed E-state index contributed by atoms with van der Waals surface area (Å²) < 4.78 is 0. The molecule has 0 atom stereocenters. The van der Waals surface area contributed by atoms with E-state index in [0.717, 1.165) is 11.1 Å². The van der Waals surface area contributed by atoms with E-state index in [1.807, 2.05) is 31.3 Å². The van der Waals surface area contributed by atoms with Crippen LogP contribution in [0.4, 0.5) is 0 Å². The quantitative estimate of drug-likeness (QED) is 0.859. The van der Waals surface area contributed by atoms with Gasteiger partial charge >= 0.3 is 0 Å². The van der Waals surface area contributed by atoms with Crippen LogP contribution in [0.3, 0.4) is 0 Å². The molecule has 1 aromatic rings. The highest BCUT2D eigenvalue weighted by molar-refractivity contribution is 5.76. The third-order valence-corrected chi connectivity index (χ3v) is 2.82. The molecule has 0 aliphatic heterocycles. The molecule has 1 rings (SSSR count). The van der Waals surface area contributed by atoms with E-state index >= 15 is 0 Å². The fourth-order valence-electron chi connectivity index (χ4n) is 1.80. The van der Waals surface area contributed by atoms with Gasteiger partial charge in [-0.2, -0.15) is 0 Å². The van der Waals surface area contributed by atoms with Crippen molar-refractivity contribution >= 4 is 5.91 Å². The monoisotopic (exact) mass is 272 g/mol. The number of benzene rings is 1. The van der Waals surface area contributed by atoms with Crippen molar-refractivity contribution in [1.29, 1.82) is 0 Å². The summed E-state index contributed by atoms with van der Waals surface area (Å²) in [5.74, 6) is 5.98. The van der Waals surface area contributed by atoms with Crippen LogP contribution in [0, 0.1) is 17.3 Å². The molecule has 0 unspecified atom stereocenters. The number of hydrogen-bond donors (Lipinski definition) is 1.